The number of esters is 1. The Labute approximate surface area is 154 Å². The minimum absolute atomic E-state index is 0.0606. The maximum Gasteiger partial charge on any atom is 0.307 e. The van der Waals surface area contributed by atoms with Gasteiger partial charge < -0.3 is 15.0 Å². The van der Waals surface area contributed by atoms with Crippen LogP contribution >= 0.6 is 35.2 Å². The lowest BCUT2D eigenvalue weighted by Gasteiger charge is -2.26. The third-order valence-electron chi connectivity index (χ3n) is 3.87. The van der Waals surface area contributed by atoms with Gasteiger partial charge >= 0.3 is 5.97 Å². The first-order valence-corrected chi connectivity index (χ1v) is 9.00. The van der Waals surface area contributed by atoms with Crippen molar-refractivity contribution in [2.24, 2.45) is 0 Å². The molecular weight excluding hydrogens is 366 g/mol. The molecule has 1 saturated heterocycles. The first-order chi connectivity index (χ1) is 11.6. The summed E-state index contributed by atoms with van der Waals surface area (Å²) in [5.74, 6) is -0.262. The quantitative estimate of drug-likeness (QED) is 0.633. The van der Waals surface area contributed by atoms with Crippen LogP contribution in [-0.4, -0.2) is 34.6 Å². The number of carbonyl (C=O) groups excluding carboxylic acids is 1. The summed E-state index contributed by atoms with van der Waals surface area (Å²) < 4.78 is 5.46. The van der Waals surface area contributed by atoms with Crippen LogP contribution in [0, 0.1) is 0 Å². The van der Waals surface area contributed by atoms with Crippen LogP contribution in [0.4, 0.5) is 0 Å². The second-order valence-electron chi connectivity index (χ2n) is 5.29. The van der Waals surface area contributed by atoms with Crippen LogP contribution in [-0.2, 0) is 9.53 Å². The molecule has 1 aliphatic heterocycles. The summed E-state index contributed by atoms with van der Waals surface area (Å²) in [5, 5.41) is 3.93. The van der Waals surface area contributed by atoms with E-state index in [1.807, 2.05) is 35.2 Å². The van der Waals surface area contributed by atoms with Crippen LogP contribution in [0.5, 0.6) is 0 Å². The lowest BCUT2D eigenvalue weighted by atomic mass is 10.0. The standard InChI is InChI=1S/C16H16ClN3O2S2/c1-22-13(21)7-9-20-15(11-5-6-12(17)24-11)14(19-16(20)23)10-4-2-3-8-18-10/h2-6,8,14-15H,7,9H2,1H3,(H,19,23)/t14-,15-/m0/s1. The van der Waals surface area contributed by atoms with E-state index >= 15 is 0 Å². The third-order valence-corrected chi connectivity index (χ3v) is 5.52. The van der Waals surface area contributed by atoms with Gasteiger partial charge in [0.05, 0.1) is 35.6 Å². The van der Waals surface area contributed by atoms with Crippen LogP contribution in [0.15, 0.2) is 36.5 Å². The summed E-state index contributed by atoms with van der Waals surface area (Å²) in [6.07, 6.45) is 2.03. The van der Waals surface area contributed by atoms with Crippen molar-refractivity contribution in [1.29, 1.82) is 0 Å². The van der Waals surface area contributed by atoms with Crippen molar-refractivity contribution in [2.45, 2.75) is 18.5 Å². The second-order valence-corrected chi connectivity index (χ2v) is 7.42. The molecule has 0 unspecified atom stereocenters. The molecular formula is C16H16ClN3O2S2. The van der Waals surface area contributed by atoms with Gasteiger partial charge in [0.1, 0.15) is 0 Å². The Kier molecular flexibility index (Phi) is 5.33. The van der Waals surface area contributed by atoms with Gasteiger partial charge in [0.25, 0.3) is 0 Å². The highest BCUT2D eigenvalue weighted by molar-refractivity contribution is 7.80. The molecule has 1 aliphatic rings. The lowest BCUT2D eigenvalue weighted by molar-refractivity contribution is -0.140. The fraction of sp³-hybridized carbons (Fsp3) is 0.312. The van der Waals surface area contributed by atoms with Gasteiger partial charge in [0.2, 0.25) is 0 Å². The number of nitrogens with zero attached hydrogens (tertiary/aromatic N) is 2. The average molecular weight is 382 g/mol. The average Bonchev–Trinajstić information content (AvgIpc) is 3.16. The van der Waals surface area contributed by atoms with Gasteiger partial charge in [-0.05, 0) is 36.5 Å². The van der Waals surface area contributed by atoms with Crippen molar-refractivity contribution in [1.82, 2.24) is 15.2 Å². The molecule has 0 radical (unpaired) electrons. The minimum Gasteiger partial charge on any atom is -0.469 e. The smallest absolute Gasteiger partial charge is 0.307 e. The van der Waals surface area contributed by atoms with Crippen molar-refractivity contribution < 1.29 is 9.53 Å². The molecule has 3 heterocycles. The third kappa shape index (κ3) is 3.53. The van der Waals surface area contributed by atoms with E-state index in [0.717, 1.165) is 14.9 Å². The van der Waals surface area contributed by atoms with Crippen molar-refractivity contribution in [3.63, 3.8) is 0 Å². The largest absolute Gasteiger partial charge is 0.469 e. The van der Waals surface area contributed by atoms with Crippen LogP contribution < -0.4 is 5.32 Å². The number of rotatable bonds is 5. The molecule has 1 N–H and O–H groups in total. The maximum atomic E-state index is 11.5. The molecule has 0 amide bonds. The van der Waals surface area contributed by atoms with Crippen molar-refractivity contribution in [3.8, 4) is 0 Å². The van der Waals surface area contributed by atoms with Gasteiger partial charge in [-0.15, -0.1) is 11.3 Å². The molecule has 3 rings (SSSR count). The molecule has 2 aromatic rings. The maximum absolute atomic E-state index is 11.5. The van der Waals surface area contributed by atoms with Gasteiger partial charge in [0.15, 0.2) is 5.11 Å². The minimum atomic E-state index is -0.262. The monoisotopic (exact) mass is 381 g/mol. The number of ether oxygens (including phenoxy) is 1. The van der Waals surface area contributed by atoms with E-state index in [0.29, 0.717) is 11.7 Å². The Morgan fingerprint density at radius 1 is 1.46 bits per heavy atom. The Balaban J connectivity index is 1.92. The molecule has 0 saturated carbocycles. The van der Waals surface area contributed by atoms with Crippen LogP contribution in [0.2, 0.25) is 4.34 Å². The molecule has 24 heavy (non-hydrogen) atoms. The van der Waals surface area contributed by atoms with E-state index in [9.17, 15) is 4.79 Å². The van der Waals surface area contributed by atoms with Gasteiger partial charge in [-0.25, -0.2) is 0 Å². The number of hydrogen-bond donors (Lipinski definition) is 1. The van der Waals surface area contributed by atoms with Crippen molar-refractivity contribution >= 4 is 46.2 Å². The highest BCUT2D eigenvalue weighted by Crippen LogP contribution is 2.42. The van der Waals surface area contributed by atoms with E-state index in [1.54, 1.807) is 6.20 Å². The van der Waals surface area contributed by atoms with Crippen molar-refractivity contribution in [2.75, 3.05) is 13.7 Å². The number of hydrogen-bond acceptors (Lipinski definition) is 5. The molecule has 1 fully saturated rings. The molecule has 0 bridgehead atoms. The van der Waals surface area contributed by atoms with Gasteiger partial charge in [-0.1, -0.05) is 17.7 Å². The Bertz CT molecular complexity index is 738. The molecule has 8 heteroatoms. The molecule has 126 valence electrons. The van der Waals surface area contributed by atoms with Crippen molar-refractivity contribution in [3.05, 3.63) is 51.4 Å². The SMILES string of the molecule is COC(=O)CCN1C(=S)N[C@@H](c2ccccn2)[C@@H]1c1ccc(Cl)s1. The molecule has 0 aromatic carbocycles. The van der Waals surface area contributed by atoms with Crippen LogP contribution in [0.25, 0.3) is 0 Å². The summed E-state index contributed by atoms with van der Waals surface area (Å²) in [7, 11) is 1.39. The number of halogens is 1. The topological polar surface area (TPSA) is 54.5 Å². The highest BCUT2D eigenvalue weighted by atomic mass is 35.5. The summed E-state index contributed by atoms with van der Waals surface area (Å²) in [5.41, 5.74) is 0.898. The number of pyridine rings is 1. The van der Waals surface area contributed by atoms with Gasteiger partial charge in [-0.2, -0.15) is 0 Å². The second kappa shape index (κ2) is 7.46. The first-order valence-electron chi connectivity index (χ1n) is 7.40. The van der Waals surface area contributed by atoms with E-state index in [1.165, 1.54) is 18.4 Å². The first kappa shape index (κ1) is 17.1. The summed E-state index contributed by atoms with van der Waals surface area (Å²) in [4.78, 5) is 19.1. The Morgan fingerprint density at radius 3 is 2.92 bits per heavy atom. The summed E-state index contributed by atoms with van der Waals surface area (Å²) in [6, 6.07) is 9.50. The number of nitrogens with one attached hydrogen (secondary N) is 1. The van der Waals surface area contributed by atoms with E-state index in [2.05, 4.69) is 10.3 Å². The van der Waals surface area contributed by atoms with Crippen LogP contribution in [0.3, 0.4) is 0 Å². The highest BCUT2D eigenvalue weighted by Gasteiger charge is 2.40. The normalized spacial score (nSPS) is 20.1. The zero-order valence-corrected chi connectivity index (χ0v) is 15.3. The number of thiocarbonyl (C=S) groups is 1. The Morgan fingerprint density at radius 2 is 2.29 bits per heavy atom. The zero-order valence-electron chi connectivity index (χ0n) is 12.9. The number of carbonyl (C=O) groups is 1. The summed E-state index contributed by atoms with van der Waals surface area (Å²) >= 11 is 13.1. The molecule has 0 spiro atoms. The summed E-state index contributed by atoms with van der Waals surface area (Å²) in [6.45, 7) is 0.474. The molecule has 5 nitrogen and oxygen atoms in total. The van der Waals surface area contributed by atoms with Crippen LogP contribution in [0.1, 0.15) is 29.1 Å². The lowest BCUT2D eigenvalue weighted by Crippen LogP contribution is -2.31. The fourth-order valence-electron chi connectivity index (χ4n) is 2.76. The molecule has 2 aromatic heterocycles. The van der Waals surface area contributed by atoms with Gasteiger partial charge in [0, 0.05) is 17.6 Å². The number of thiophene rings is 1. The molecule has 0 aliphatic carbocycles. The predicted octanol–water partition coefficient (Wildman–Crippen LogP) is 3.33. The fourth-order valence-corrected chi connectivity index (χ4v) is 4.30. The van der Waals surface area contributed by atoms with E-state index < -0.39 is 0 Å². The predicted molar refractivity (Wildman–Crippen MR) is 98.1 cm³/mol. The van der Waals surface area contributed by atoms with E-state index in [4.69, 9.17) is 28.6 Å². The Hall–Kier alpha value is -1.70. The van der Waals surface area contributed by atoms with Gasteiger partial charge in [-0.3, -0.25) is 9.78 Å². The molecule has 2 atom stereocenters. The number of methoxy groups -OCH3 is 1. The van der Waals surface area contributed by atoms with E-state index in [-0.39, 0.29) is 24.5 Å². The zero-order chi connectivity index (χ0) is 17.1. The number of aromatic nitrogens is 1.